The van der Waals surface area contributed by atoms with Crippen molar-refractivity contribution in [1.29, 1.82) is 0 Å². The van der Waals surface area contributed by atoms with E-state index in [-0.39, 0.29) is 24.8 Å². The lowest BCUT2D eigenvalue weighted by Gasteiger charge is -2.15. The summed E-state index contributed by atoms with van der Waals surface area (Å²) in [6, 6.07) is 20.7. The van der Waals surface area contributed by atoms with Crippen molar-refractivity contribution in [2.24, 2.45) is 0 Å². The number of hydrogen-bond acceptors (Lipinski definition) is 4. The van der Waals surface area contributed by atoms with Crippen molar-refractivity contribution in [3.8, 4) is 0 Å². The molecule has 7 nitrogen and oxygen atoms in total. The van der Waals surface area contributed by atoms with Crippen molar-refractivity contribution in [1.82, 2.24) is 9.13 Å². The molecule has 35 heavy (non-hydrogen) atoms. The SMILES string of the molecule is CCCC(=O)Nc1ccc(C(=O)Cn2c(=O)c(=O)n(Cc3ccccc3)c3ccc(Cl)cc32)cc1. The summed E-state index contributed by atoms with van der Waals surface area (Å²) in [5.74, 6) is -0.447. The van der Waals surface area contributed by atoms with E-state index in [1.54, 1.807) is 42.5 Å². The molecule has 0 bridgehead atoms. The molecular weight excluding hydrogens is 466 g/mol. The number of nitrogens with one attached hydrogen (secondary N) is 1. The maximum absolute atomic E-state index is 13.1. The summed E-state index contributed by atoms with van der Waals surface area (Å²) in [4.78, 5) is 51.0. The lowest BCUT2D eigenvalue weighted by atomic mass is 10.1. The molecule has 1 N–H and O–H groups in total. The molecule has 0 atom stereocenters. The number of Topliss-reactive ketones (excluding diaryl/α,β-unsaturated/α-hetero) is 1. The number of aromatic nitrogens is 2. The van der Waals surface area contributed by atoms with Crippen LogP contribution in [0.25, 0.3) is 11.0 Å². The summed E-state index contributed by atoms with van der Waals surface area (Å²) in [6.45, 7) is 1.81. The summed E-state index contributed by atoms with van der Waals surface area (Å²) < 4.78 is 2.57. The van der Waals surface area contributed by atoms with E-state index >= 15 is 0 Å². The molecule has 0 saturated carbocycles. The average Bonchev–Trinajstić information content (AvgIpc) is 2.85. The molecule has 0 fully saturated rings. The van der Waals surface area contributed by atoms with Gasteiger partial charge in [0.25, 0.3) is 0 Å². The van der Waals surface area contributed by atoms with Crippen molar-refractivity contribution < 1.29 is 9.59 Å². The number of nitrogens with zero attached hydrogens (tertiary/aromatic N) is 2. The van der Waals surface area contributed by atoms with Gasteiger partial charge in [0.1, 0.15) is 0 Å². The van der Waals surface area contributed by atoms with Crippen LogP contribution in [0.15, 0.2) is 82.4 Å². The summed E-state index contributed by atoms with van der Waals surface area (Å²) >= 11 is 6.21. The van der Waals surface area contributed by atoms with Gasteiger partial charge in [-0.25, -0.2) is 0 Å². The fourth-order valence-electron chi connectivity index (χ4n) is 3.90. The van der Waals surface area contributed by atoms with E-state index in [9.17, 15) is 19.2 Å². The Kier molecular flexibility index (Phi) is 7.27. The van der Waals surface area contributed by atoms with Gasteiger partial charge in [-0.15, -0.1) is 0 Å². The maximum atomic E-state index is 13.1. The predicted octanol–water partition coefficient (Wildman–Crippen LogP) is 4.49. The third kappa shape index (κ3) is 5.41. The van der Waals surface area contributed by atoms with Gasteiger partial charge in [-0.05, 0) is 54.4 Å². The van der Waals surface area contributed by atoms with Gasteiger partial charge in [0.05, 0.1) is 24.1 Å². The van der Waals surface area contributed by atoms with Crippen LogP contribution < -0.4 is 16.4 Å². The number of carbonyl (C=O) groups excluding carboxylic acids is 2. The molecule has 0 aliphatic carbocycles. The first-order valence-electron chi connectivity index (χ1n) is 11.3. The smallest absolute Gasteiger partial charge is 0.317 e. The van der Waals surface area contributed by atoms with Crippen molar-refractivity contribution in [3.05, 3.63) is 110 Å². The molecule has 4 aromatic rings. The Morgan fingerprint density at radius 3 is 2.23 bits per heavy atom. The molecule has 8 heteroatoms. The minimum absolute atomic E-state index is 0.0995. The van der Waals surface area contributed by atoms with Crippen LogP contribution >= 0.6 is 11.6 Å². The molecule has 0 unspecified atom stereocenters. The van der Waals surface area contributed by atoms with Crippen LogP contribution in [-0.2, 0) is 17.9 Å². The number of amides is 1. The van der Waals surface area contributed by atoms with Crippen molar-refractivity contribution in [2.75, 3.05) is 5.32 Å². The maximum Gasteiger partial charge on any atom is 0.317 e. The highest BCUT2D eigenvalue weighted by Gasteiger charge is 2.17. The van der Waals surface area contributed by atoms with Crippen LogP contribution in [0.1, 0.15) is 35.7 Å². The third-order valence-electron chi connectivity index (χ3n) is 5.65. The van der Waals surface area contributed by atoms with Gasteiger partial charge in [-0.3, -0.25) is 28.3 Å². The molecular formula is C27H24ClN3O4. The largest absolute Gasteiger partial charge is 0.326 e. The highest BCUT2D eigenvalue weighted by atomic mass is 35.5. The summed E-state index contributed by atoms with van der Waals surface area (Å²) in [7, 11) is 0. The molecule has 1 amide bonds. The number of ketones is 1. The second-order valence-corrected chi connectivity index (χ2v) is 8.64. The average molecular weight is 490 g/mol. The number of rotatable bonds is 8. The van der Waals surface area contributed by atoms with Crippen molar-refractivity contribution in [2.45, 2.75) is 32.9 Å². The number of halogens is 1. The Balaban J connectivity index is 1.69. The zero-order valence-electron chi connectivity index (χ0n) is 19.2. The summed E-state index contributed by atoms with van der Waals surface area (Å²) in [6.07, 6.45) is 1.15. The quantitative estimate of drug-likeness (QED) is 0.292. The lowest BCUT2D eigenvalue weighted by molar-refractivity contribution is -0.116. The van der Waals surface area contributed by atoms with Crippen LogP contribution in [0.3, 0.4) is 0 Å². The Labute approximate surface area is 206 Å². The van der Waals surface area contributed by atoms with Gasteiger partial charge in [0.2, 0.25) is 5.91 Å². The predicted molar refractivity (Wildman–Crippen MR) is 137 cm³/mol. The molecule has 0 aliphatic rings. The van der Waals surface area contributed by atoms with E-state index < -0.39 is 11.1 Å². The van der Waals surface area contributed by atoms with Crippen LogP contribution in [0.4, 0.5) is 5.69 Å². The second-order valence-electron chi connectivity index (χ2n) is 8.20. The number of fused-ring (bicyclic) bond motifs is 1. The Morgan fingerprint density at radius 2 is 1.54 bits per heavy atom. The molecule has 4 rings (SSSR count). The van der Waals surface area contributed by atoms with E-state index in [0.717, 1.165) is 12.0 Å². The monoisotopic (exact) mass is 489 g/mol. The topological polar surface area (TPSA) is 90.2 Å². The number of hydrogen-bond donors (Lipinski definition) is 1. The highest BCUT2D eigenvalue weighted by Crippen LogP contribution is 2.19. The molecule has 0 aliphatic heterocycles. The zero-order valence-corrected chi connectivity index (χ0v) is 19.9. The second kappa shape index (κ2) is 10.5. The van der Waals surface area contributed by atoms with E-state index in [1.165, 1.54) is 9.13 Å². The first-order chi connectivity index (χ1) is 16.9. The molecule has 3 aromatic carbocycles. The Morgan fingerprint density at radius 1 is 0.857 bits per heavy atom. The van der Waals surface area contributed by atoms with Gasteiger partial charge in [0, 0.05) is 22.7 Å². The molecule has 178 valence electrons. The number of anilines is 1. The van der Waals surface area contributed by atoms with Gasteiger partial charge in [0.15, 0.2) is 5.78 Å². The third-order valence-corrected chi connectivity index (χ3v) is 5.88. The standard InChI is InChI=1S/C27H24ClN3O4/c1-2-6-25(33)29-21-12-9-19(10-13-21)24(32)17-31-23-15-20(28)11-14-22(23)30(26(34)27(31)35)16-18-7-4-3-5-8-18/h3-5,7-15H,2,6,16-17H2,1H3,(H,29,33). The lowest BCUT2D eigenvalue weighted by Crippen LogP contribution is -2.42. The number of carbonyl (C=O) groups is 2. The first-order valence-corrected chi connectivity index (χ1v) is 11.6. The van der Waals surface area contributed by atoms with E-state index in [2.05, 4.69) is 5.32 Å². The Bertz CT molecular complexity index is 1510. The van der Waals surface area contributed by atoms with Gasteiger partial charge in [-0.1, -0.05) is 48.9 Å². The van der Waals surface area contributed by atoms with Crippen LogP contribution in [0, 0.1) is 0 Å². The molecule has 1 heterocycles. The number of benzene rings is 3. The van der Waals surface area contributed by atoms with Gasteiger partial charge in [-0.2, -0.15) is 0 Å². The molecule has 0 radical (unpaired) electrons. The zero-order chi connectivity index (χ0) is 24.9. The molecule has 0 saturated heterocycles. The van der Waals surface area contributed by atoms with Gasteiger partial charge >= 0.3 is 11.1 Å². The van der Waals surface area contributed by atoms with Crippen LogP contribution in [0.5, 0.6) is 0 Å². The summed E-state index contributed by atoms with van der Waals surface area (Å²) in [5.41, 5.74) is 1.19. The van der Waals surface area contributed by atoms with E-state index in [1.807, 2.05) is 37.3 Å². The van der Waals surface area contributed by atoms with Crippen LogP contribution in [0.2, 0.25) is 5.02 Å². The first kappa shape index (κ1) is 24.2. The van der Waals surface area contributed by atoms with Crippen molar-refractivity contribution in [3.63, 3.8) is 0 Å². The fraction of sp³-hybridized carbons (Fsp3) is 0.185. The summed E-state index contributed by atoms with van der Waals surface area (Å²) in [5, 5.41) is 3.15. The van der Waals surface area contributed by atoms with E-state index in [0.29, 0.717) is 33.7 Å². The Hall–Kier alpha value is -3.97. The normalized spacial score (nSPS) is 10.9. The molecule has 0 spiro atoms. The van der Waals surface area contributed by atoms with Crippen LogP contribution in [-0.4, -0.2) is 20.8 Å². The van der Waals surface area contributed by atoms with E-state index in [4.69, 9.17) is 11.6 Å². The minimum Gasteiger partial charge on any atom is -0.326 e. The minimum atomic E-state index is -0.799. The molecule has 1 aromatic heterocycles. The fourth-order valence-corrected chi connectivity index (χ4v) is 4.06. The van der Waals surface area contributed by atoms with Gasteiger partial charge < -0.3 is 5.32 Å². The van der Waals surface area contributed by atoms with Crippen molar-refractivity contribution >= 4 is 40.0 Å². The highest BCUT2D eigenvalue weighted by molar-refractivity contribution is 6.31.